The summed E-state index contributed by atoms with van der Waals surface area (Å²) in [4.78, 5) is 0.222. The molecule has 1 aromatic carbocycles. The van der Waals surface area contributed by atoms with Gasteiger partial charge in [-0.15, -0.1) is 0 Å². The second-order valence-electron chi connectivity index (χ2n) is 3.50. The van der Waals surface area contributed by atoms with Crippen molar-refractivity contribution in [3.63, 3.8) is 0 Å². The SMILES string of the molecule is Cc1cc(S(=O)(=O)Cl)c(C)c(C)c1C. The molecule has 0 heterocycles. The highest BCUT2D eigenvalue weighted by Crippen LogP contribution is 2.26. The summed E-state index contributed by atoms with van der Waals surface area (Å²) < 4.78 is 22.5. The van der Waals surface area contributed by atoms with Crippen LogP contribution in [0.1, 0.15) is 22.3 Å². The fourth-order valence-corrected chi connectivity index (χ4v) is 2.75. The number of halogens is 1. The third-order valence-corrected chi connectivity index (χ3v) is 4.14. The average molecular weight is 233 g/mol. The summed E-state index contributed by atoms with van der Waals surface area (Å²) in [6.07, 6.45) is 0. The molecule has 0 unspecified atom stereocenters. The fraction of sp³-hybridized carbons (Fsp3) is 0.400. The lowest BCUT2D eigenvalue weighted by atomic mass is 10.00. The fourth-order valence-electron chi connectivity index (χ4n) is 1.43. The molecule has 0 aliphatic rings. The van der Waals surface area contributed by atoms with Gasteiger partial charge in [-0.05, 0) is 56.0 Å². The molecule has 0 spiro atoms. The van der Waals surface area contributed by atoms with Crippen LogP contribution in [0.2, 0.25) is 0 Å². The first-order chi connectivity index (χ1) is 6.25. The van der Waals surface area contributed by atoms with Crippen molar-refractivity contribution in [2.24, 2.45) is 0 Å². The van der Waals surface area contributed by atoms with Crippen LogP contribution in [-0.2, 0) is 9.05 Å². The first kappa shape index (κ1) is 11.5. The number of hydrogen-bond donors (Lipinski definition) is 0. The molecule has 0 aliphatic heterocycles. The molecule has 0 aliphatic carbocycles. The second-order valence-corrected chi connectivity index (χ2v) is 6.04. The summed E-state index contributed by atoms with van der Waals surface area (Å²) in [5, 5.41) is 0. The molecule has 0 fully saturated rings. The van der Waals surface area contributed by atoms with E-state index in [9.17, 15) is 8.42 Å². The highest BCUT2D eigenvalue weighted by molar-refractivity contribution is 8.13. The molecule has 0 atom stereocenters. The van der Waals surface area contributed by atoms with E-state index in [4.69, 9.17) is 10.7 Å². The summed E-state index contributed by atoms with van der Waals surface area (Å²) in [7, 11) is 1.71. The van der Waals surface area contributed by atoms with Gasteiger partial charge in [-0.3, -0.25) is 0 Å². The van der Waals surface area contributed by atoms with Crippen molar-refractivity contribution in [2.45, 2.75) is 32.6 Å². The normalized spacial score (nSPS) is 11.8. The van der Waals surface area contributed by atoms with Crippen LogP contribution in [0.15, 0.2) is 11.0 Å². The van der Waals surface area contributed by atoms with Crippen LogP contribution < -0.4 is 0 Å². The molecule has 1 rings (SSSR count). The van der Waals surface area contributed by atoms with Gasteiger partial charge in [0, 0.05) is 10.7 Å². The van der Waals surface area contributed by atoms with E-state index in [-0.39, 0.29) is 4.90 Å². The summed E-state index contributed by atoms with van der Waals surface area (Å²) in [6.45, 7) is 7.54. The van der Waals surface area contributed by atoms with E-state index in [1.54, 1.807) is 13.0 Å². The molecule has 14 heavy (non-hydrogen) atoms. The van der Waals surface area contributed by atoms with Gasteiger partial charge in [0.1, 0.15) is 0 Å². The van der Waals surface area contributed by atoms with E-state index in [1.807, 2.05) is 20.8 Å². The number of rotatable bonds is 1. The minimum Gasteiger partial charge on any atom is -0.207 e. The Morgan fingerprint density at radius 1 is 1.00 bits per heavy atom. The van der Waals surface area contributed by atoms with E-state index in [1.165, 1.54) is 0 Å². The number of hydrogen-bond acceptors (Lipinski definition) is 2. The molecule has 0 saturated carbocycles. The van der Waals surface area contributed by atoms with Crippen LogP contribution in [0.5, 0.6) is 0 Å². The minimum atomic E-state index is -3.62. The van der Waals surface area contributed by atoms with Crippen LogP contribution in [0.3, 0.4) is 0 Å². The highest BCUT2D eigenvalue weighted by atomic mass is 35.7. The Kier molecular flexibility index (Phi) is 2.93. The zero-order chi connectivity index (χ0) is 11.1. The summed E-state index contributed by atoms with van der Waals surface area (Å²) in [5.41, 5.74) is 3.80. The molecule has 0 N–H and O–H groups in total. The monoisotopic (exact) mass is 232 g/mol. The largest absolute Gasteiger partial charge is 0.261 e. The van der Waals surface area contributed by atoms with Crippen LogP contribution in [0.4, 0.5) is 0 Å². The van der Waals surface area contributed by atoms with Gasteiger partial charge in [-0.2, -0.15) is 0 Å². The number of aryl methyl sites for hydroxylation is 1. The van der Waals surface area contributed by atoms with Gasteiger partial charge in [-0.1, -0.05) is 0 Å². The first-order valence-electron chi connectivity index (χ1n) is 4.27. The van der Waals surface area contributed by atoms with Gasteiger partial charge in [0.15, 0.2) is 0 Å². The van der Waals surface area contributed by atoms with Gasteiger partial charge < -0.3 is 0 Å². The molecule has 0 saturated heterocycles. The topological polar surface area (TPSA) is 34.1 Å². The van der Waals surface area contributed by atoms with Crippen molar-refractivity contribution in [2.75, 3.05) is 0 Å². The average Bonchev–Trinajstić information content (AvgIpc) is 2.06. The maximum atomic E-state index is 11.2. The van der Waals surface area contributed by atoms with E-state index < -0.39 is 9.05 Å². The summed E-state index contributed by atoms with van der Waals surface area (Å²) >= 11 is 0. The molecule has 2 nitrogen and oxygen atoms in total. The molecular formula is C10H13ClO2S. The van der Waals surface area contributed by atoms with Crippen molar-refractivity contribution in [3.05, 3.63) is 28.3 Å². The van der Waals surface area contributed by atoms with Crippen LogP contribution in [-0.4, -0.2) is 8.42 Å². The lowest BCUT2D eigenvalue weighted by Gasteiger charge is -2.11. The van der Waals surface area contributed by atoms with Crippen molar-refractivity contribution < 1.29 is 8.42 Å². The Hall–Kier alpha value is -0.540. The molecule has 0 amide bonds. The van der Waals surface area contributed by atoms with E-state index >= 15 is 0 Å². The summed E-state index contributed by atoms with van der Waals surface area (Å²) in [6, 6.07) is 1.62. The molecule has 0 aromatic heterocycles. The van der Waals surface area contributed by atoms with Gasteiger partial charge >= 0.3 is 0 Å². The third-order valence-electron chi connectivity index (χ3n) is 2.70. The smallest absolute Gasteiger partial charge is 0.207 e. The third kappa shape index (κ3) is 1.93. The Balaban J connectivity index is 3.66. The molecule has 1 aromatic rings. The predicted molar refractivity (Wildman–Crippen MR) is 58.4 cm³/mol. The minimum absolute atomic E-state index is 0.222. The Morgan fingerprint density at radius 2 is 1.50 bits per heavy atom. The number of benzene rings is 1. The van der Waals surface area contributed by atoms with Gasteiger partial charge in [-0.25, -0.2) is 8.42 Å². The molecule has 78 valence electrons. The van der Waals surface area contributed by atoms with Crippen molar-refractivity contribution >= 4 is 19.7 Å². The summed E-state index contributed by atoms with van der Waals surface area (Å²) in [5.74, 6) is 0. The van der Waals surface area contributed by atoms with Crippen LogP contribution in [0.25, 0.3) is 0 Å². The van der Waals surface area contributed by atoms with Gasteiger partial charge in [0.25, 0.3) is 9.05 Å². The van der Waals surface area contributed by atoms with Crippen molar-refractivity contribution in [1.82, 2.24) is 0 Å². The molecule has 0 radical (unpaired) electrons. The Morgan fingerprint density at radius 3 is 1.93 bits per heavy atom. The maximum Gasteiger partial charge on any atom is 0.261 e. The lowest BCUT2D eigenvalue weighted by molar-refractivity contribution is 0.609. The highest BCUT2D eigenvalue weighted by Gasteiger charge is 2.16. The van der Waals surface area contributed by atoms with E-state index in [2.05, 4.69) is 0 Å². The lowest BCUT2D eigenvalue weighted by Crippen LogP contribution is -2.00. The first-order valence-corrected chi connectivity index (χ1v) is 6.58. The second kappa shape index (κ2) is 3.55. The zero-order valence-corrected chi connectivity index (χ0v) is 10.3. The molecule has 0 bridgehead atoms. The maximum absolute atomic E-state index is 11.2. The van der Waals surface area contributed by atoms with E-state index in [0.29, 0.717) is 0 Å². The Bertz CT molecular complexity index is 475. The van der Waals surface area contributed by atoms with Crippen molar-refractivity contribution in [1.29, 1.82) is 0 Å². The Labute approximate surface area is 89.3 Å². The van der Waals surface area contributed by atoms with Gasteiger partial charge in [0.05, 0.1) is 4.90 Å². The van der Waals surface area contributed by atoms with Crippen molar-refractivity contribution in [3.8, 4) is 0 Å². The predicted octanol–water partition coefficient (Wildman–Crippen LogP) is 2.85. The standard InChI is InChI=1S/C10H13ClO2S/c1-6-5-10(14(11,12)13)9(4)8(3)7(6)2/h5H,1-4H3. The van der Waals surface area contributed by atoms with Gasteiger partial charge in [0.2, 0.25) is 0 Å². The zero-order valence-electron chi connectivity index (χ0n) is 8.68. The molecule has 4 heteroatoms. The molecular weight excluding hydrogens is 220 g/mol. The quantitative estimate of drug-likeness (QED) is 0.698. The van der Waals surface area contributed by atoms with E-state index in [0.717, 1.165) is 22.3 Å². The van der Waals surface area contributed by atoms with Crippen LogP contribution in [0, 0.1) is 27.7 Å². The van der Waals surface area contributed by atoms with Crippen LogP contribution >= 0.6 is 10.7 Å².